The average Bonchev–Trinajstić information content (AvgIpc) is 2.49. The number of rotatable bonds is 4. The van der Waals surface area contributed by atoms with Gasteiger partial charge in [-0.2, -0.15) is 0 Å². The van der Waals surface area contributed by atoms with Crippen molar-refractivity contribution in [3.05, 3.63) is 0 Å². The van der Waals surface area contributed by atoms with Crippen LogP contribution in [-0.2, 0) is 0 Å². The summed E-state index contributed by atoms with van der Waals surface area (Å²) in [7, 11) is 0.271. The van der Waals surface area contributed by atoms with E-state index < -0.39 is 0 Å². The molecule has 72 valence electrons. The maximum atomic E-state index is 3.60. The monoisotopic (exact) mass is 187 g/mol. The summed E-state index contributed by atoms with van der Waals surface area (Å²) in [6.07, 6.45) is 9.26. The summed E-state index contributed by atoms with van der Waals surface area (Å²) in [5, 5.41) is 3.60. The third kappa shape index (κ3) is 1.80. The maximum Gasteiger partial charge on any atom is 0.0233 e. The first-order chi connectivity index (χ1) is 5.79. The third-order valence-corrected chi connectivity index (χ3v) is 4.25. The molecule has 0 amide bonds. The molecule has 2 unspecified atom stereocenters. The summed E-state index contributed by atoms with van der Waals surface area (Å²) in [4.78, 5) is 0. The van der Waals surface area contributed by atoms with Crippen LogP contribution in [0.3, 0.4) is 0 Å². The lowest BCUT2D eigenvalue weighted by atomic mass is 10.1. The van der Waals surface area contributed by atoms with E-state index in [4.69, 9.17) is 0 Å². The predicted molar refractivity (Wildman–Crippen MR) is 58.0 cm³/mol. The second-order valence-electron chi connectivity index (χ2n) is 4.61. The van der Waals surface area contributed by atoms with Gasteiger partial charge in [-0.05, 0) is 49.7 Å². The summed E-state index contributed by atoms with van der Waals surface area (Å²) >= 11 is 0. The highest BCUT2D eigenvalue weighted by molar-refractivity contribution is 8.15. The molecule has 0 aliphatic heterocycles. The third-order valence-electron chi connectivity index (χ3n) is 3.39. The zero-order valence-electron chi connectivity index (χ0n) is 8.21. The normalized spacial score (nSPS) is 39.5. The van der Waals surface area contributed by atoms with Crippen molar-refractivity contribution in [1.29, 1.82) is 0 Å². The Morgan fingerprint density at radius 3 is 2.50 bits per heavy atom. The molecule has 1 nitrogen and oxygen atoms in total. The fraction of sp³-hybridized carbons (Fsp3) is 1.00. The van der Waals surface area contributed by atoms with E-state index in [1.165, 1.54) is 31.7 Å². The minimum atomic E-state index is 0.271. The quantitative estimate of drug-likeness (QED) is 0.640. The lowest BCUT2D eigenvalue weighted by Crippen LogP contribution is -2.19. The van der Waals surface area contributed by atoms with Gasteiger partial charge in [0.1, 0.15) is 0 Å². The molecule has 1 N–H and O–H groups in total. The van der Waals surface area contributed by atoms with Gasteiger partial charge >= 0.3 is 0 Å². The minimum absolute atomic E-state index is 0.271. The van der Waals surface area contributed by atoms with Crippen LogP contribution in [-0.4, -0.2) is 24.9 Å². The second kappa shape index (κ2) is 3.59. The second-order valence-corrected chi connectivity index (χ2v) is 7.09. The lowest BCUT2D eigenvalue weighted by molar-refractivity contribution is 0.556. The molecule has 2 aliphatic rings. The van der Waals surface area contributed by atoms with Gasteiger partial charge in [-0.25, -0.2) is 10.9 Å². The Morgan fingerprint density at radius 2 is 1.92 bits per heavy atom. The SMILES string of the molecule is C[SH](C)CNCC1C2CCCC21. The first-order valence-corrected chi connectivity index (χ1v) is 7.56. The van der Waals surface area contributed by atoms with E-state index in [1.807, 2.05) is 0 Å². The van der Waals surface area contributed by atoms with Gasteiger partial charge in [0.2, 0.25) is 0 Å². The fourth-order valence-electron chi connectivity index (χ4n) is 2.73. The first-order valence-electron chi connectivity index (χ1n) is 5.14. The summed E-state index contributed by atoms with van der Waals surface area (Å²) < 4.78 is 0. The zero-order chi connectivity index (χ0) is 8.55. The molecule has 2 fully saturated rings. The minimum Gasteiger partial charge on any atom is -0.309 e. The van der Waals surface area contributed by atoms with Crippen molar-refractivity contribution in [3.8, 4) is 0 Å². The van der Waals surface area contributed by atoms with Gasteiger partial charge in [0.05, 0.1) is 0 Å². The standard InChI is InChI=1S/C10H21NS/c1-12(2)7-11-6-10-8-4-3-5-9(8)10/h8-12H,3-7H2,1-2H3. The Bertz CT molecular complexity index is 148. The Hall–Kier alpha value is 0.310. The largest absolute Gasteiger partial charge is 0.309 e. The van der Waals surface area contributed by atoms with Crippen molar-refractivity contribution in [2.45, 2.75) is 19.3 Å². The molecule has 2 aliphatic carbocycles. The lowest BCUT2D eigenvalue weighted by Gasteiger charge is -2.11. The van der Waals surface area contributed by atoms with Gasteiger partial charge in [0.15, 0.2) is 0 Å². The van der Waals surface area contributed by atoms with Crippen LogP contribution in [0, 0.1) is 17.8 Å². The average molecular weight is 187 g/mol. The highest BCUT2D eigenvalue weighted by Gasteiger charge is 2.51. The van der Waals surface area contributed by atoms with Crippen LogP contribution in [0.1, 0.15) is 19.3 Å². The first kappa shape index (κ1) is 8.89. The van der Waals surface area contributed by atoms with Crippen LogP contribution in [0.5, 0.6) is 0 Å². The smallest absolute Gasteiger partial charge is 0.0233 e. The van der Waals surface area contributed by atoms with Crippen LogP contribution in [0.4, 0.5) is 0 Å². The van der Waals surface area contributed by atoms with Crippen molar-refractivity contribution in [2.75, 3.05) is 24.9 Å². The summed E-state index contributed by atoms with van der Waals surface area (Å²) in [5.41, 5.74) is 0. The van der Waals surface area contributed by atoms with E-state index in [1.54, 1.807) is 0 Å². The summed E-state index contributed by atoms with van der Waals surface area (Å²) in [6, 6.07) is 0. The van der Waals surface area contributed by atoms with Crippen LogP contribution >= 0.6 is 10.9 Å². The predicted octanol–water partition coefficient (Wildman–Crippen LogP) is 1.84. The van der Waals surface area contributed by atoms with Crippen molar-refractivity contribution < 1.29 is 0 Å². The van der Waals surface area contributed by atoms with Crippen molar-refractivity contribution in [3.63, 3.8) is 0 Å². The van der Waals surface area contributed by atoms with Crippen molar-refractivity contribution in [1.82, 2.24) is 5.32 Å². The Morgan fingerprint density at radius 1 is 1.25 bits per heavy atom. The number of hydrogen-bond acceptors (Lipinski definition) is 1. The van der Waals surface area contributed by atoms with Gasteiger partial charge < -0.3 is 5.32 Å². The molecule has 0 spiro atoms. The number of nitrogens with one attached hydrogen (secondary N) is 1. The molecule has 0 radical (unpaired) electrons. The van der Waals surface area contributed by atoms with E-state index in [0.717, 1.165) is 17.8 Å². The van der Waals surface area contributed by atoms with E-state index in [9.17, 15) is 0 Å². The molecular formula is C10H21NS. The number of thiol groups is 1. The van der Waals surface area contributed by atoms with Gasteiger partial charge in [-0.1, -0.05) is 6.42 Å². The molecule has 2 saturated carbocycles. The van der Waals surface area contributed by atoms with E-state index >= 15 is 0 Å². The van der Waals surface area contributed by atoms with Gasteiger partial charge in [-0.15, -0.1) is 0 Å². The molecule has 0 bridgehead atoms. The van der Waals surface area contributed by atoms with Crippen LogP contribution in [0.2, 0.25) is 0 Å². The highest BCUT2D eigenvalue weighted by Crippen LogP contribution is 2.57. The fourth-order valence-corrected chi connectivity index (χ4v) is 3.30. The summed E-state index contributed by atoms with van der Waals surface area (Å²) in [6.45, 7) is 1.32. The molecule has 2 atom stereocenters. The van der Waals surface area contributed by atoms with E-state index in [2.05, 4.69) is 17.8 Å². The molecule has 0 aromatic heterocycles. The van der Waals surface area contributed by atoms with Crippen LogP contribution in [0.15, 0.2) is 0 Å². The molecule has 12 heavy (non-hydrogen) atoms. The molecule has 0 aromatic carbocycles. The Kier molecular flexibility index (Phi) is 2.66. The molecule has 2 rings (SSSR count). The topological polar surface area (TPSA) is 12.0 Å². The van der Waals surface area contributed by atoms with Gasteiger partial charge in [0, 0.05) is 5.88 Å². The van der Waals surface area contributed by atoms with Crippen molar-refractivity contribution in [2.24, 2.45) is 17.8 Å². The molecule has 2 heteroatoms. The molecule has 0 saturated heterocycles. The number of fused-ring (bicyclic) bond motifs is 1. The highest BCUT2D eigenvalue weighted by atomic mass is 32.2. The van der Waals surface area contributed by atoms with Gasteiger partial charge in [0.25, 0.3) is 0 Å². The summed E-state index contributed by atoms with van der Waals surface area (Å²) in [5.74, 6) is 4.62. The molecule has 0 heterocycles. The molecular weight excluding hydrogens is 166 g/mol. The van der Waals surface area contributed by atoms with E-state index in [-0.39, 0.29) is 10.9 Å². The van der Waals surface area contributed by atoms with Crippen LogP contribution < -0.4 is 5.32 Å². The van der Waals surface area contributed by atoms with Gasteiger partial charge in [-0.3, -0.25) is 0 Å². The Balaban J connectivity index is 1.58. The zero-order valence-corrected chi connectivity index (χ0v) is 9.11. The number of hydrogen-bond donors (Lipinski definition) is 2. The van der Waals surface area contributed by atoms with Crippen LogP contribution in [0.25, 0.3) is 0 Å². The maximum absolute atomic E-state index is 3.60. The Labute approximate surface area is 78.7 Å². The van der Waals surface area contributed by atoms with E-state index in [0.29, 0.717) is 0 Å². The molecule has 0 aromatic rings. The van der Waals surface area contributed by atoms with Crippen molar-refractivity contribution >= 4 is 10.9 Å².